The summed E-state index contributed by atoms with van der Waals surface area (Å²) in [5, 5.41) is 0. The highest BCUT2D eigenvalue weighted by Gasteiger charge is 2.30. The lowest BCUT2D eigenvalue weighted by molar-refractivity contribution is -0.121. The van der Waals surface area contributed by atoms with E-state index in [2.05, 4.69) is 28.9 Å². The summed E-state index contributed by atoms with van der Waals surface area (Å²) in [6.07, 6.45) is 8.13. The normalized spacial score (nSPS) is 17.0. The Morgan fingerprint density at radius 1 is 1.32 bits per heavy atom. The summed E-state index contributed by atoms with van der Waals surface area (Å²) in [5.74, 6) is 0.0338. The van der Waals surface area contributed by atoms with Crippen molar-refractivity contribution >= 4 is 67.6 Å². The van der Waals surface area contributed by atoms with Crippen molar-refractivity contribution in [1.82, 2.24) is 4.90 Å². The van der Waals surface area contributed by atoms with Gasteiger partial charge in [0, 0.05) is 11.4 Å². The largest absolute Gasteiger partial charge is 0.293 e. The van der Waals surface area contributed by atoms with E-state index < -0.39 is 0 Å². The topological polar surface area (TPSA) is 20.3 Å². The summed E-state index contributed by atoms with van der Waals surface area (Å²) in [6.45, 7) is 4.81. The number of rotatable bonds is 7. The number of thiophene rings is 1. The average molecular weight is 418 g/mol. The van der Waals surface area contributed by atoms with Crippen molar-refractivity contribution in [3.8, 4) is 0 Å². The molecule has 0 radical (unpaired) electrons. The molecule has 0 unspecified atom stereocenters. The van der Waals surface area contributed by atoms with Crippen LogP contribution in [0.3, 0.4) is 0 Å². The second-order valence-corrected chi connectivity index (χ2v) is 9.26. The van der Waals surface area contributed by atoms with Crippen LogP contribution in [0.25, 0.3) is 6.08 Å². The Labute approximate surface area is 154 Å². The zero-order valence-corrected chi connectivity index (χ0v) is 16.9. The van der Waals surface area contributed by atoms with Crippen molar-refractivity contribution in [2.24, 2.45) is 0 Å². The third-order valence-electron chi connectivity index (χ3n) is 3.54. The lowest BCUT2D eigenvalue weighted by Crippen LogP contribution is -2.27. The molecule has 0 aromatic carbocycles. The smallest absolute Gasteiger partial charge is 0.266 e. The molecule has 2 rings (SSSR count). The van der Waals surface area contributed by atoms with Gasteiger partial charge < -0.3 is 0 Å². The van der Waals surface area contributed by atoms with E-state index in [1.165, 1.54) is 46.8 Å². The van der Waals surface area contributed by atoms with Gasteiger partial charge in [0.2, 0.25) is 0 Å². The minimum atomic E-state index is 0.0338. The Balaban J connectivity index is 2.06. The molecule has 2 nitrogen and oxygen atoms in total. The lowest BCUT2D eigenvalue weighted by atomic mass is 10.1. The number of amides is 1. The summed E-state index contributed by atoms with van der Waals surface area (Å²) >= 11 is 12.0. The zero-order valence-electron chi connectivity index (χ0n) is 12.9. The van der Waals surface area contributed by atoms with Crippen LogP contribution in [0.15, 0.2) is 14.8 Å². The van der Waals surface area contributed by atoms with Gasteiger partial charge in [-0.1, -0.05) is 50.2 Å². The van der Waals surface area contributed by atoms with Crippen LogP contribution in [-0.2, 0) is 11.2 Å². The molecule has 0 saturated carbocycles. The van der Waals surface area contributed by atoms with Crippen LogP contribution in [0, 0.1) is 0 Å². The summed E-state index contributed by atoms with van der Waals surface area (Å²) in [7, 11) is 0. The van der Waals surface area contributed by atoms with Gasteiger partial charge in [0.15, 0.2) is 0 Å². The summed E-state index contributed by atoms with van der Waals surface area (Å²) in [5.41, 5.74) is 1.35. The number of likely N-dealkylation sites (N-methyl/N-ethyl adjacent to an activating group) is 1. The first-order valence-corrected chi connectivity index (χ1v) is 10.4. The molecule has 1 amide bonds. The quantitative estimate of drug-likeness (QED) is 0.315. The molecule has 0 atom stereocenters. The predicted molar refractivity (Wildman–Crippen MR) is 105 cm³/mol. The Bertz CT molecular complexity index is 594. The summed E-state index contributed by atoms with van der Waals surface area (Å²) < 4.78 is 1.84. The van der Waals surface area contributed by atoms with E-state index >= 15 is 0 Å². The van der Waals surface area contributed by atoms with Crippen molar-refractivity contribution in [3.63, 3.8) is 0 Å². The van der Waals surface area contributed by atoms with Crippen molar-refractivity contribution in [1.29, 1.82) is 0 Å². The van der Waals surface area contributed by atoms with Crippen LogP contribution in [0.1, 0.15) is 50.0 Å². The van der Waals surface area contributed by atoms with E-state index in [1.54, 1.807) is 16.2 Å². The van der Waals surface area contributed by atoms with Gasteiger partial charge in [-0.2, -0.15) is 0 Å². The third-order valence-corrected chi connectivity index (χ3v) is 6.82. The highest BCUT2D eigenvalue weighted by Crippen LogP contribution is 2.36. The third kappa shape index (κ3) is 4.43. The first-order valence-electron chi connectivity index (χ1n) is 7.60. The molecule has 6 heteroatoms. The van der Waals surface area contributed by atoms with E-state index in [4.69, 9.17) is 12.2 Å². The highest BCUT2D eigenvalue weighted by atomic mass is 79.9. The molecule has 120 valence electrons. The van der Waals surface area contributed by atoms with Gasteiger partial charge in [-0.05, 0) is 53.4 Å². The molecule has 0 aliphatic carbocycles. The van der Waals surface area contributed by atoms with Crippen LogP contribution in [0.5, 0.6) is 0 Å². The summed E-state index contributed by atoms with van der Waals surface area (Å²) in [4.78, 5) is 15.7. The van der Waals surface area contributed by atoms with E-state index in [9.17, 15) is 4.79 Å². The van der Waals surface area contributed by atoms with Crippen LogP contribution < -0.4 is 0 Å². The zero-order chi connectivity index (χ0) is 16.1. The fraction of sp³-hybridized carbons (Fsp3) is 0.500. The molecule has 0 bridgehead atoms. The number of thioether (sulfide) groups is 1. The molecule has 0 spiro atoms. The number of unbranched alkanes of at least 4 members (excludes halogenated alkanes) is 3. The number of hydrogen-bond acceptors (Lipinski definition) is 4. The van der Waals surface area contributed by atoms with Crippen molar-refractivity contribution in [2.75, 3.05) is 6.54 Å². The average Bonchev–Trinajstić information content (AvgIpc) is 2.96. The monoisotopic (exact) mass is 417 g/mol. The van der Waals surface area contributed by atoms with Gasteiger partial charge in [0.1, 0.15) is 4.32 Å². The molecule has 1 aromatic rings. The minimum Gasteiger partial charge on any atom is -0.293 e. The van der Waals surface area contributed by atoms with Gasteiger partial charge in [0.25, 0.3) is 5.91 Å². The molecule has 0 N–H and O–H groups in total. The second-order valence-electron chi connectivity index (χ2n) is 5.18. The number of carbonyl (C=O) groups excluding carboxylic acids is 1. The molecular formula is C16H20BrNOS3. The number of aryl methyl sites for hydroxylation is 1. The van der Waals surface area contributed by atoms with E-state index in [-0.39, 0.29) is 5.91 Å². The number of hydrogen-bond donors (Lipinski definition) is 0. The first-order chi connectivity index (χ1) is 10.6. The maximum absolute atomic E-state index is 12.2. The van der Waals surface area contributed by atoms with Crippen molar-refractivity contribution < 1.29 is 4.79 Å². The fourth-order valence-electron chi connectivity index (χ4n) is 2.31. The number of nitrogens with zero attached hydrogens (tertiary/aromatic N) is 1. The van der Waals surface area contributed by atoms with E-state index in [0.717, 1.165) is 16.2 Å². The maximum Gasteiger partial charge on any atom is 0.266 e. The van der Waals surface area contributed by atoms with Gasteiger partial charge in [-0.15, -0.1) is 11.3 Å². The molecular weight excluding hydrogens is 398 g/mol. The molecule has 22 heavy (non-hydrogen) atoms. The number of carbonyl (C=O) groups is 1. The van der Waals surface area contributed by atoms with Crippen LogP contribution in [0.2, 0.25) is 0 Å². The standard InChI is InChI=1S/C16H20BrNOS3/c1-3-5-6-7-8-11-9-12(21-14(11)17)10-13-15(19)18(4-2)16(20)22-13/h9-10H,3-8H2,1-2H3/b13-10+. The van der Waals surface area contributed by atoms with Crippen LogP contribution in [0.4, 0.5) is 0 Å². The SMILES string of the molecule is CCCCCCc1cc(/C=C2/SC(=S)N(CC)C2=O)sc1Br. The Morgan fingerprint density at radius 3 is 2.73 bits per heavy atom. The molecule has 1 aliphatic rings. The van der Waals surface area contributed by atoms with Gasteiger partial charge in [-0.25, -0.2) is 0 Å². The first kappa shape index (κ1) is 18.2. The molecule has 2 heterocycles. The maximum atomic E-state index is 12.2. The van der Waals surface area contributed by atoms with Gasteiger partial charge >= 0.3 is 0 Å². The molecule has 1 saturated heterocycles. The van der Waals surface area contributed by atoms with E-state index in [1.807, 2.05) is 13.0 Å². The Morgan fingerprint density at radius 2 is 2.09 bits per heavy atom. The predicted octanol–water partition coefficient (Wildman–Crippen LogP) is 5.85. The summed E-state index contributed by atoms with van der Waals surface area (Å²) in [6, 6.07) is 2.19. The van der Waals surface area contributed by atoms with E-state index in [0.29, 0.717) is 10.9 Å². The van der Waals surface area contributed by atoms with Gasteiger partial charge in [0.05, 0.1) is 8.69 Å². The Hall–Kier alpha value is -0.170. The van der Waals surface area contributed by atoms with Crippen molar-refractivity contribution in [2.45, 2.75) is 46.0 Å². The Kier molecular flexibility index (Phi) is 7.12. The molecule has 1 aromatic heterocycles. The minimum absolute atomic E-state index is 0.0338. The number of thiocarbonyl (C=S) groups is 1. The lowest BCUT2D eigenvalue weighted by Gasteiger charge is -2.09. The fourth-order valence-corrected chi connectivity index (χ4v) is 5.51. The number of halogens is 1. The van der Waals surface area contributed by atoms with Crippen LogP contribution >= 0.6 is 51.2 Å². The molecule has 1 aliphatic heterocycles. The molecule has 1 fully saturated rings. The highest BCUT2D eigenvalue weighted by molar-refractivity contribution is 9.11. The van der Waals surface area contributed by atoms with Crippen LogP contribution in [-0.4, -0.2) is 21.7 Å². The second kappa shape index (κ2) is 8.62. The van der Waals surface area contributed by atoms with Gasteiger partial charge in [-0.3, -0.25) is 9.69 Å². The van der Waals surface area contributed by atoms with Crippen molar-refractivity contribution in [3.05, 3.63) is 25.2 Å².